The Kier molecular flexibility index (Phi) is 5.71. The lowest BCUT2D eigenvalue weighted by atomic mass is 10.1. The minimum atomic E-state index is -3.79. The van der Waals surface area contributed by atoms with E-state index in [9.17, 15) is 18.3 Å². The fraction of sp³-hybridized carbons (Fsp3) is 0.235. The maximum atomic E-state index is 12.6. The van der Waals surface area contributed by atoms with Gasteiger partial charge in [-0.05, 0) is 42.3 Å². The van der Waals surface area contributed by atoms with Gasteiger partial charge in [0.25, 0.3) is 5.91 Å². The van der Waals surface area contributed by atoms with Gasteiger partial charge in [0.1, 0.15) is 0 Å². The number of rotatable bonds is 6. The van der Waals surface area contributed by atoms with E-state index < -0.39 is 10.0 Å². The molecule has 0 aliphatic rings. The Hall–Kier alpha value is -2.22. The first-order chi connectivity index (χ1) is 11.3. The van der Waals surface area contributed by atoms with Crippen LogP contribution >= 0.6 is 0 Å². The van der Waals surface area contributed by atoms with E-state index in [1.807, 2.05) is 31.2 Å². The van der Waals surface area contributed by atoms with E-state index in [-0.39, 0.29) is 24.0 Å². The van der Waals surface area contributed by atoms with Gasteiger partial charge in [-0.1, -0.05) is 24.3 Å². The molecule has 0 saturated carbocycles. The Morgan fingerprint density at radius 1 is 1.12 bits per heavy atom. The number of carbonyl (C=O) groups is 1. The van der Waals surface area contributed by atoms with Gasteiger partial charge in [-0.3, -0.25) is 4.79 Å². The molecule has 128 valence electrons. The molecule has 7 heteroatoms. The number of hydrogen-bond acceptors (Lipinski definition) is 4. The van der Waals surface area contributed by atoms with Crippen molar-refractivity contribution in [1.82, 2.24) is 4.90 Å². The Bertz CT molecular complexity index is 817. The average Bonchev–Trinajstić information content (AvgIpc) is 2.55. The number of carbonyl (C=O) groups excluding carboxylic acids is 1. The number of nitrogens with zero attached hydrogens (tertiary/aromatic N) is 1. The minimum absolute atomic E-state index is 0.0494. The molecule has 0 radical (unpaired) electrons. The van der Waals surface area contributed by atoms with Gasteiger partial charge in [0, 0.05) is 18.7 Å². The van der Waals surface area contributed by atoms with E-state index in [4.69, 9.17) is 5.14 Å². The van der Waals surface area contributed by atoms with Gasteiger partial charge >= 0.3 is 0 Å². The summed E-state index contributed by atoms with van der Waals surface area (Å²) in [6.45, 7) is 2.35. The zero-order chi connectivity index (χ0) is 17.7. The second-order valence-corrected chi connectivity index (χ2v) is 7.01. The van der Waals surface area contributed by atoms with Crippen LogP contribution in [-0.4, -0.2) is 37.5 Å². The standard InChI is InChI=1S/C17H20N2O4S/c1-13-4-2-3-5-15(13)12-19(10-11-20)17(21)14-6-8-16(9-7-14)24(18,22)23/h2-9,20H,10-12H2,1H3,(H2,18,22,23). The molecule has 0 spiro atoms. The highest BCUT2D eigenvalue weighted by Crippen LogP contribution is 2.15. The van der Waals surface area contributed by atoms with Crippen molar-refractivity contribution in [1.29, 1.82) is 0 Å². The molecule has 6 nitrogen and oxygen atoms in total. The van der Waals surface area contributed by atoms with Crippen LogP contribution in [0.2, 0.25) is 0 Å². The van der Waals surface area contributed by atoms with Crippen molar-refractivity contribution < 1.29 is 18.3 Å². The summed E-state index contributed by atoms with van der Waals surface area (Å²) in [6, 6.07) is 13.1. The molecule has 2 aromatic rings. The van der Waals surface area contributed by atoms with Gasteiger partial charge in [0.2, 0.25) is 10.0 Å². The lowest BCUT2D eigenvalue weighted by Gasteiger charge is -2.23. The molecule has 0 aromatic heterocycles. The number of sulfonamides is 1. The van der Waals surface area contributed by atoms with E-state index in [2.05, 4.69) is 0 Å². The van der Waals surface area contributed by atoms with Gasteiger partial charge in [-0.15, -0.1) is 0 Å². The third-order valence-corrected chi connectivity index (χ3v) is 4.64. The van der Waals surface area contributed by atoms with Crippen molar-refractivity contribution in [2.45, 2.75) is 18.4 Å². The summed E-state index contributed by atoms with van der Waals surface area (Å²) in [6.07, 6.45) is 0. The molecule has 0 atom stereocenters. The summed E-state index contributed by atoms with van der Waals surface area (Å²) in [4.78, 5) is 14.1. The quantitative estimate of drug-likeness (QED) is 0.821. The van der Waals surface area contributed by atoms with Gasteiger partial charge in [-0.25, -0.2) is 13.6 Å². The molecule has 0 aliphatic carbocycles. The smallest absolute Gasteiger partial charge is 0.254 e. The van der Waals surface area contributed by atoms with E-state index in [0.29, 0.717) is 12.1 Å². The SMILES string of the molecule is Cc1ccccc1CN(CCO)C(=O)c1ccc(S(N)(=O)=O)cc1. The maximum Gasteiger partial charge on any atom is 0.254 e. The van der Waals surface area contributed by atoms with Crippen LogP contribution in [0.1, 0.15) is 21.5 Å². The molecule has 0 aliphatic heterocycles. The van der Waals surface area contributed by atoms with E-state index >= 15 is 0 Å². The van der Waals surface area contributed by atoms with Crippen molar-refractivity contribution in [2.75, 3.05) is 13.2 Å². The van der Waals surface area contributed by atoms with Crippen LogP contribution in [0, 0.1) is 6.92 Å². The summed E-state index contributed by atoms with van der Waals surface area (Å²) in [7, 11) is -3.79. The molecule has 1 amide bonds. The number of benzene rings is 2. The monoisotopic (exact) mass is 348 g/mol. The number of amides is 1. The molecule has 24 heavy (non-hydrogen) atoms. The molecule has 0 unspecified atom stereocenters. The fourth-order valence-corrected chi connectivity index (χ4v) is 2.85. The zero-order valence-corrected chi connectivity index (χ0v) is 14.2. The Morgan fingerprint density at radius 2 is 1.75 bits per heavy atom. The highest BCUT2D eigenvalue weighted by molar-refractivity contribution is 7.89. The molecular formula is C17H20N2O4S. The molecule has 0 saturated heterocycles. The number of hydrogen-bond donors (Lipinski definition) is 2. The summed E-state index contributed by atoms with van der Waals surface area (Å²) >= 11 is 0. The molecular weight excluding hydrogens is 328 g/mol. The van der Waals surface area contributed by atoms with Crippen molar-refractivity contribution in [2.24, 2.45) is 5.14 Å². The number of nitrogens with two attached hydrogens (primary N) is 1. The summed E-state index contributed by atoms with van der Waals surface area (Å²) in [5, 5.41) is 14.3. The highest BCUT2D eigenvalue weighted by Gasteiger charge is 2.17. The van der Waals surface area contributed by atoms with Crippen molar-refractivity contribution in [3.63, 3.8) is 0 Å². The Labute approximate surface area is 141 Å². The number of aliphatic hydroxyl groups excluding tert-OH is 1. The van der Waals surface area contributed by atoms with Gasteiger partial charge in [0.15, 0.2) is 0 Å². The first-order valence-electron chi connectivity index (χ1n) is 7.40. The topological polar surface area (TPSA) is 101 Å². The predicted molar refractivity (Wildman–Crippen MR) is 90.8 cm³/mol. The largest absolute Gasteiger partial charge is 0.395 e. The second kappa shape index (κ2) is 7.57. The molecule has 0 heterocycles. The maximum absolute atomic E-state index is 12.6. The second-order valence-electron chi connectivity index (χ2n) is 5.45. The number of aliphatic hydroxyl groups is 1. The van der Waals surface area contributed by atoms with Gasteiger partial charge in [-0.2, -0.15) is 0 Å². The molecule has 0 fully saturated rings. The molecule has 0 bridgehead atoms. The van der Waals surface area contributed by atoms with Crippen molar-refractivity contribution in [3.05, 3.63) is 65.2 Å². The van der Waals surface area contributed by atoms with Crippen LogP contribution in [0.15, 0.2) is 53.4 Å². The van der Waals surface area contributed by atoms with Crippen molar-refractivity contribution >= 4 is 15.9 Å². The van der Waals surface area contributed by atoms with E-state index in [1.165, 1.54) is 29.2 Å². The summed E-state index contributed by atoms with van der Waals surface area (Å²) < 4.78 is 22.6. The minimum Gasteiger partial charge on any atom is -0.395 e. The predicted octanol–water partition coefficient (Wildman–Crippen LogP) is 1.28. The van der Waals surface area contributed by atoms with Crippen LogP contribution < -0.4 is 5.14 Å². The third kappa shape index (κ3) is 4.41. The third-order valence-electron chi connectivity index (χ3n) is 3.71. The van der Waals surface area contributed by atoms with Gasteiger partial charge in [0.05, 0.1) is 11.5 Å². The summed E-state index contributed by atoms with van der Waals surface area (Å²) in [5.41, 5.74) is 2.38. The van der Waals surface area contributed by atoms with E-state index in [0.717, 1.165) is 11.1 Å². The van der Waals surface area contributed by atoms with Gasteiger partial charge < -0.3 is 10.0 Å². The van der Waals surface area contributed by atoms with E-state index in [1.54, 1.807) is 0 Å². The molecule has 2 aromatic carbocycles. The zero-order valence-electron chi connectivity index (χ0n) is 13.3. The first kappa shape index (κ1) is 18.1. The van der Waals surface area contributed by atoms with Crippen LogP contribution in [-0.2, 0) is 16.6 Å². The van der Waals surface area contributed by atoms with Crippen LogP contribution in [0.25, 0.3) is 0 Å². The highest BCUT2D eigenvalue weighted by atomic mass is 32.2. The lowest BCUT2D eigenvalue weighted by Crippen LogP contribution is -2.33. The number of aryl methyl sites for hydroxylation is 1. The van der Waals surface area contributed by atoms with Crippen LogP contribution in [0.3, 0.4) is 0 Å². The van der Waals surface area contributed by atoms with Crippen LogP contribution in [0.5, 0.6) is 0 Å². The molecule has 3 N–H and O–H groups in total. The average molecular weight is 348 g/mol. The Morgan fingerprint density at radius 3 is 2.29 bits per heavy atom. The Balaban J connectivity index is 2.24. The fourth-order valence-electron chi connectivity index (χ4n) is 2.34. The lowest BCUT2D eigenvalue weighted by molar-refractivity contribution is 0.0707. The summed E-state index contributed by atoms with van der Waals surface area (Å²) in [5.74, 6) is -0.284. The molecule has 2 rings (SSSR count). The first-order valence-corrected chi connectivity index (χ1v) is 8.95. The van der Waals surface area contributed by atoms with Crippen LogP contribution in [0.4, 0.5) is 0 Å². The number of primary sulfonamides is 1. The normalized spacial score (nSPS) is 11.3. The van der Waals surface area contributed by atoms with Crippen molar-refractivity contribution in [3.8, 4) is 0 Å².